The molecule has 19 heteroatoms. The summed E-state index contributed by atoms with van der Waals surface area (Å²) in [4.78, 5) is 73.0. The van der Waals surface area contributed by atoms with Gasteiger partial charge in [0.05, 0.1) is 26.4 Å². The third-order valence-electron chi connectivity index (χ3n) is 17.9. The predicted octanol–water partition coefficient (Wildman–Crippen LogP) is 23.3. The van der Waals surface area contributed by atoms with E-state index in [1.165, 1.54) is 186 Å². The number of hydrogen-bond donors (Lipinski definition) is 3. The average Bonchev–Trinajstić information content (AvgIpc) is 1.04. The lowest BCUT2D eigenvalue weighted by Crippen LogP contribution is -2.30. The molecule has 0 amide bonds. The van der Waals surface area contributed by atoms with Crippen molar-refractivity contribution in [1.29, 1.82) is 0 Å². The minimum Gasteiger partial charge on any atom is -0.462 e. The number of phosphoric acid groups is 2. The largest absolute Gasteiger partial charge is 0.472 e. The molecule has 0 aromatic carbocycles. The molecule has 0 heterocycles. The monoisotopic (exact) mass is 1430 g/mol. The Morgan fingerprint density at radius 3 is 0.714 bits per heavy atom. The van der Waals surface area contributed by atoms with Crippen molar-refractivity contribution in [3.63, 3.8) is 0 Å². The highest BCUT2D eigenvalue weighted by molar-refractivity contribution is 7.47. The van der Waals surface area contributed by atoms with Crippen LogP contribution in [0.15, 0.2) is 24.3 Å². The van der Waals surface area contributed by atoms with Crippen LogP contribution in [0.25, 0.3) is 0 Å². The van der Waals surface area contributed by atoms with E-state index in [-0.39, 0.29) is 25.7 Å². The third-order valence-corrected chi connectivity index (χ3v) is 19.8. The zero-order chi connectivity index (χ0) is 71.8. The van der Waals surface area contributed by atoms with E-state index in [1.807, 2.05) is 0 Å². The summed E-state index contributed by atoms with van der Waals surface area (Å²) in [5, 5.41) is 10.6. The molecule has 0 fully saturated rings. The summed E-state index contributed by atoms with van der Waals surface area (Å²) in [6.07, 6.45) is 67.1. The lowest BCUT2D eigenvalue weighted by atomic mass is 10.0. The Hall–Kier alpha value is -2.46. The maximum Gasteiger partial charge on any atom is 0.472 e. The highest BCUT2D eigenvalue weighted by Crippen LogP contribution is 2.45. The third kappa shape index (κ3) is 71.9. The molecule has 0 saturated heterocycles. The Morgan fingerprint density at radius 1 is 0.276 bits per heavy atom. The van der Waals surface area contributed by atoms with Crippen molar-refractivity contribution in [2.45, 2.75) is 418 Å². The maximum absolute atomic E-state index is 13.1. The molecule has 0 aliphatic rings. The van der Waals surface area contributed by atoms with Crippen LogP contribution in [0.1, 0.15) is 400 Å². The smallest absolute Gasteiger partial charge is 0.462 e. The molecule has 0 saturated carbocycles. The predicted molar refractivity (Wildman–Crippen MR) is 400 cm³/mol. The van der Waals surface area contributed by atoms with Crippen LogP contribution in [0.2, 0.25) is 0 Å². The Balaban J connectivity index is 5.29. The highest BCUT2D eigenvalue weighted by Gasteiger charge is 2.30. The first-order valence-electron chi connectivity index (χ1n) is 40.6. The molecular formula is C79H150O17P2. The second-order valence-electron chi connectivity index (χ2n) is 27.7. The number of hydrogen-bond acceptors (Lipinski definition) is 15. The minimum atomic E-state index is -4.96. The van der Waals surface area contributed by atoms with Crippen LogP contribution < -0.4 is 0 Å². The Bertz CT molecular complexity index is 1950. The molecule has 0 rings (SSSR count). The van der Waals surface area contributed by atoms with E-state index >= 15 is 0 Å². The lowest BCUT2D eigenvalue weighted by molar-refractivity contribution is -0.161. The van der Waals surface area contributed by atoms with Gasteiger partial charge in [0.15, 0.2) is 12.2 Å². The quantitative estimate of drug-likeness (QED) is 0.0169. The normalized spacial score (nSPS) is 14.0. The molecule has 0 aromatic rings. The van der Waals surface area contributed by atoms with E-state index < -0.39 is 97.5 Å². The van der Waals surface area contributed by atoms with E-state index in [0.717, 1.165) is 135 Å². The summed E-state index contributed by atoms with van der Waals surface area (Å²) in [5.41, 5.74) is 0. The Labute approximate surface area is 599 Å². The van der Waals surface area contributed by atoms with Gasteiger partial charge in [0.1, 0.15) is 19.3 Å². The molecule has 0 bridgehead atoms. The number of unbranched alkanes of at least 4 members (excludes halogenated alkanes) is 48. The fourth-order valence-electron chi connectivity index (χ4n) is 11.7. The first kappa shape index (κ1) is 95.5. The number of rotatable bonds is 78. The van der Waals surface area contributed by atoms with E-state index in [9.17, 15) is 43.2 Å². The lowest BCUT2D eigenvalue weighted by Gasteiger charge is -2.21. The number of phosphoric ester groups is 2. The fourth-order valence-corrected chi connectivity index (χ4v) is 13.3. The van der Waals surface area contributed by atoms with Gasteiger partial charge in [-0.3, -0.25) is 37.3 Å². The first-order valence-corrected chi connectivity index (χ1v) is 43.6. The van der Waals surface area contributed by atoms with Gasteiger partial charge in [-0.25, -0.2) is 9.13 Å². The molecule has 0 aliphatic carbocycles. The van der Waals surface area contributed by atoms with Gasteiger partial charge in [-0.15, -0.1) is 0 Å². The number of carbonyl (C=O) groups is 4. The fraction of sp³-hybridized carbons (Fsp3) is 0.899. The molecule has 5 atom stereocenters. The van der Waals surface area contributed by atoms with Crippen LogP contribution in [0.3, 0.4) is 0 Å². The van der Waals surface area contributed by atoms with E-state index in [2.05, 4.69) is 52.0 Å². The molecule has 98 heavy (non-hydrogen) atoms. The SMILES string of the molecule is CCCCCC/C=C\CCCCCCCCCC(=O)OC[C@H](COP(=O)(O)OC[C@@H](O)COP(=O)(O)OC[C@@H](COC(=O)CCCCCCCCCCCCCCC)OC(=O)CCCCCCCCC/C=C\CCCCCC)OC(=O)CCCCCCCCCCCCCCCCC. The van der Waals surface area contributed by atoms with Gasteiger partial charge in [-0.05, 0) is 77.0 Å². The summed E-state index contributed by atoms with van der Waals surface area (Å²) in [6, 6.07) is 0. The second kappa shape index (κ2) is 72.9. The van der Waals surface area contributed by atoms with Crippen LogP contribution in [0.5, 0.6) is 0 Å². The number of ether oxygens (including phenoxy) is 4. The number of allylic oxidation sites excluding steroid dienone is 4. The van der Waals surface area contributed by atoms with Gasteiger partial charge in [-0.2, -0.15) is 0 Å². The van der Waals surface area contributed by atoms with Gasteiger partial charge in [0.2, 0.25) is 0 Å². The molecule has 0 aromatic heterocycles. The maximum atomic E-state index is 13.1. The van der Waals surface area contributed by atoms with Gasteiger partial charge < -0.3 is 33.8 Å². The van der Waals surface area contributed by atoms with E-state index in [1.54, 1.807) is 0 Å². The summed E-state index contributed by atoms with van der Waals surface area (Å²) >= 11 is 0. The van der Waals surface area contributed by atoms with Crippen LogP contribution in [0, 0.1) is 0 Å². The van der Waals surface area contributed by atoms with Gasteiger partial charge in [0.25, 0.3) is 0 Å². The van der Waals surface area contributed by atoms with Crippen molar-refractivity contribution < 1.29 is 80.2 Å². The molecule has 2 unspecified atom stereocenters. The van der Waals surface area contributed by atoms with Crippen molar-refractivity contribution in [3.8, 4) is 0 Å². The van der Waals surface area contributed by atoms with Crippen LogP contribution in [-0.2, 0) is 65.4 Å². The van der Waals surface area contributed by atoms with Gasteiger partial charge in [0, 0.05) is 25.7 Å². The zero-order valence-corrected chi connectivity index (χ0v) is 65.0. The van der Waals surface area contributed by atoms with Gasteiger partial charge >= 0.3 is 39.5 Å². The van der Waals surface area contributed by atoms with Crippen molar-refractivity contribution in [2.24, 2.45) is 0 Å². The van der Waals surface area contributed by atoms with Crippen molar-refractivity contribution >= 4 is 39.5 Å². The summed E-state index contributed by atoms with van der Waals surface area (Å²) < 4.78 is 68.6. The number of aliphatic hydroxyl groups is 1. The topological polar surface area (TPSA) is 237 Å². The number of aliphatic hydroxyl groups excluding tert-OH is 1. The summed E-state index contributed by atoms with van der Waals surface area (Å²) in [5.74, 6) is -2.13. The molecule has 17 nitrogen and oxygen atoms in total. The summed E-state index contributed by atoms with van der Waals surface area (Å²) in [6.45, 7) is 4.95. The Kier molecular flexibility index (Phi) is 71.0. The highest BCUT2D eigenvalue weighted by atomic mass is 31.2. The van der Waals surface area contributed by atoms with Crippen molar-refractivity contribution in [3.05, 3.63) is 24.3 Å². The average molecular weight is 1430 g/mol. The Morgan fingerprint density at radius 2 is 0.469 bits per heavy atom. The molecular weight excluding hydrogens is 1280 g/mol. The van der Waals surface area contributed by atoms with Crippen molar-refractivity contribution in [1.82, 2.24) is 0 Å². The van der Waals surface area contributed by atoms with E-state index in [4.69, 9.17) is 37.0 Å². The number of esters is 4. The molecule has 0 radical (unpaired) electrons. The summed E-state index contributed by atoms with van der Waals surface area (Å²) in [7, 11) is -9.93. The molecule has 578 valence electrons. The van der Waals surface area contributed by atoms with Crippen LogP contribution in [0.4, 0.5) is 0 Å². The second-order valence-corrected chi connectivity index (χ2v) is 30.6. The van der Waals surface area contributed by atoms with Gasteiger partial charge in [-0.1, -0.05) is 322 Å². The molecule has 0 spiro atoms. The van der Waals surface area contributed by atoms with Crippen molar-refractivity contribution in [2.75, 3.05) is 39.6 Å². The molecule has 0 aliphatic heterocycles. The zero-order valence-electron chi connectivity index (χ0n) is 63.2. The van der Waals surface area contributed by atoms with Crippen LogP contribution >= 0.6 is 15.6 Å². The standard InChI is InChI=1S/C79H150O17P2/c1-5-9-13-17-21-25-29-33-36-40-44-48-52-56-60-64-77(82)90-70-75(96-79(84)66-62-58-54-50-46-42-38-35-31-27-23-19-15-11-7-3)72-94-98(87,88)92-68-73(80)67-91-97(85,86)93-71-74(69-89-76(81)63-59-55-51-47-43-39-32-28-24-20-16-12-8-4)95-78(83)65-61-57-53-49-45-41-37-34-30-26-22-18-14-10-6-2/h25-26,29-30,73-75,80H,5-24,27-28,31-72H2,1-4H3,(H,85,86)(H,87,88)/b29-25-,30-26-/t73-,74+,75+/m0/s1. The first-order chi connectivity index (χ1) is 47.7. The van der Waals surface area contributed by atoms with E-state index in [0.29, 0.717) is 25.7 Å². The minimum absolute atomic E-state index is 0.0989. The molecule has 3 N–H and O–H groups in total. The van der Waals surface area contributed by atoms with Crippen LogP contribution in [-0.4, -0.2) is 96.7 Å². The number of carbonyl (C=O) groups excluding carboxylic acids is 4.